The molecule has 0 saturated carbocycles. The van der Waals surface area contributed by atoms with Gasteiger partial charge < -0.3 is 15.4 Å². The van der Waals surface area contributed by atoms with Gasteiger partial charge in [0.25, 0.3) is 0 Å². The summed E-state index contributed by atoms with van der Waals surface area (Å²) in [5.41, 5.74) is 0. The molecule has 0 aromatic heterocycles. The second kappa shape index (κ2) is 5.11. The molecule has 1 heterocycles. The van der Waals surface area contributed by atoms with Gasteiger partial charge in [-0.1, -0.05) is 0 Å². The van der Waals surface area contributed by atoms with Crippen LogP contribution in [0, 0.1) is 5.92 Å². The van der Waals surface area contributed by atoms with Crippen LogP contribution in [0.5, 0.6) is 0 Å². The van der Waals surface area contributed by atoms with E-state index >= 15 is 0 Å². The highest BCUT2D eigenvalue weighted by Gasteiger charge is 2.23. The van der Waals surface area contributed by atoms with Crippen LogP contribution in [0.25, 0.3) is 0 Å². The molecule has 0 aliphatic carbocycles. The summed E-state index contributed by atoms with van der Waals surface area (Å²) in [5, 5.41) is 5.87. The first kappa shape index (κ1) is 9.48. The summed E-state index contributed by atoms with van der Waals surface area (Å²) < 4.78 is 5.08. The Bertz CT molecular complexity index is 146. The van der Waals surface area contributed by atoms with E-state index in [2.05, 4.69) is 10.6 Å². The minimum Gasteiger partial charge on any atom is -0.380 e. The lowest BCUT2D eigenvalue weighted by atomic mass is 10.0. The molecule has 1 aliphatic heterocycles. The van der Waals surface area contributed by atoms with Gasteiger partial charge >= 0.3 is 0 Å². The van der Waals surface area contributed by atoms with Crippen LogP contribution in [0.3, 0.4) is 0 Å². The van der Waals surface area contributed by atoms with Crippen LogP contribution in [0.1, 0.15) is 6.92 Å². The van der Waals surface area contributed by atoms with Crippen molar-refractivity contribution in [3.8, 4) is 0 Å². The molecule has 1 fully saturated rings. The molecule has 0 spiro atoms. The van der Waals surface area contributed by atoms with Crippen molar-refractivity contribution in [2.75, 3.05) is 32.8 Å². The van der Waals surface area contributed by atoms with Gasteiger partial charge in [0.1, 0.15) is 0 Å². The van der Waals surface area contributed by atoms with Crippen LogP contribution in [0.4, 0.5) is 0 Å². The highest BCUT2D eigenvalue weighted by atomic mass is 16.5. The van der Waals surface area contributed by atoms with Gasteiger partial charge in [0.2, 0.25) is 5.91 Å². The monoisotopic (exact) mass is 172 g/mol. The van der Waals surface area contributed by atoms with Crippen LogP contribution >= 0.6 is 0 Å². The van der Waals surface area contributed by atoms with Crippen molar-refractivity contribution in [3.05, 3.63) is 0 Å². The summed E-state index contributed by atoms with van der Waals surface area (Å²) in [4.78, 5) is 11.2. The Hall–Kier alpha value is -0.610. The van der Waals surface area contributed by atoms with Crippen molar-refractivity contribution in [2.24, 2.45) is 5.92 Å². The highest BCUT2D eigenvalue weighted by molar-refractivity contribution is 5.79. The first-order chi connectivity index (χ1) is 5.84. The number of carbonyl (C=O) groups is 1. The number of nitrogens with one attached hydrogen (secondary N) is 2. The largest absolute Gasteiger partial charge is 0.380 e. The molecule has 0 atom stereocenters. The van der Waals surface area contributed by atoms with E-state index < -0.39 is 0 Å². The molecule has 0 bridgehead atoms. The summed E-state index contributed by atoms with van der Waals surface area (Å²) >= 11 is 0. The minimum atomic E-state index is 0.147. The smallest absolute Gasteiger partial charge is 0.225 e. The third kappa shape index (κ3) is 2.79. The second-order valence-electron chi connectivity index (χ2n) is 2.84. The van der Waals surface area contributed by atoms with Gasteiger partial charge in [-0.15, -0.1) is 0 Å². The fourth-order valence-electron chi connectivity index (χ4n) is 1.01. The molecular formula is C8H16N2O2. The molecular weight excluding hydrogens is 156 g/mol. The lowest BCUT2D eigenvalue weighted by Crippen LogP contribution is -2.51. The summed E-state index contributed by atoms with van der Waals surface area (Å²) in [6, 6.07) is 0. The Labute approximate surface area is 72.7 Å². The SMILES string of the molecule is CCOCCNC(=O)C1CNC1. The van der Waals surface area contributed by atoms with Crippen molar-refractivity contribution in [3.63, 3.8) is 0 Å². The Morgan fingerprint density at radius 3 is 2.92 bits per heavy atom. The lowest BCUT2D eigenvalue weighted by Gasteiger charge is -2.25. The standard InChI is InChI=1S/C8H16N2O2/c1-2-12-4-3-10-8(11)7-5-9-6-7/h7,9H,2-6H2,1H3,(H,10,11). The Morgan fingerprint density at radius 1 is 1.67 bits per heavy atom. The predicted molar refractivity (Wildman–Crippen MR) is 45.9 cm³/mol. The summed E-state index contributed by atoms with van der Waals surface area (Å²) in [6.07, 6.45) is 0. The van der Waals surface area contributed by atoms with Crippen molar-refractivity contribution < 1.29 is 9.53 Å². The Morgan fingerprint density at radius 2 is 2.42 bits per heavy atom. The zero-order chi connectivity index (χ0) is 8.81. The molecule has 4 heteroatoms. The van der Waals surface area contributed by atoms with E-state index in [1.165, 1.54) is 0 Å². The zero-order valence-electron chi connectivity index (χ0n) is 7.43. The van der Waals surface area contributed by atoms with E-state index in [0.29, 0.717) is 19.8 Å². The van der Waals surface area contributed by atoms with E-state index in [1.807, 2.05) is 6.92 Å². The van der Waals surface area contributed by atoms with Gasteiger partial charge in [0, 0.05) is 26.2 Å². The van der Waals surface area contributed by atoms with Crippen molar-refractivity contribution in [2.45, 2.75) is 6.92 Å². The average molecular weight is 172 g/mol. The Kier molecular flexibility index (Phi) is 4.04. The number of carbonyl (C=O) groups excluding carboxylic acids is 1. The number of amides is 1. The molecule has 0 radical (unpaired) electrons. The van der Waals surface area contributed by atoms with Gasteiger partial charge in [-0.05, 0) is 6.92 Å². The third-order valence-corrected chi connectivity index (χ3v) is 1.90. The van der Waals surface area contributed by atoms with Gasteiger partial charge in [-0.2, -0.15) is 0 Å². The van der Waals surface area contributed by atoms with Crippen LogP contribution in [0.2, 0.25) is 0 Å². The van der Waals surface area contributed by atoms with Gasteiger partial charge in [-0.3, -0.25) is 4.79 Å². The predicted octanol–water partition coefficient (Wildman–Crippen LogP) is -0.641. The number of ether oxygens (including phenoxy) is 1. The van der Waals surface area contributed by atoms with Crippen LogP contribution in [0.15, 0.2) is 0 Å². The Balaban J connectivity index is 1.94. The maximum Gasteiger partial charge on any atom is 0.225 e. The molecule has 0 unspecified atom stereocenters. The molecule has 0 aromatic carbocycles. The van der Waals surface area contributed by atoms with E-state index in [1.54, 1.807) is 0 Å². The summed E-state index contributed by atoms with van der Waals surface area (Å²) in [7, 11) is 0. The molecule has 1 aliphatic rings. The fraction of sp³-hybridized carbons (Fsp3) is 0.875. The normalized spacial score (nSPS) is 17.1. The third-order valence-electron chi connectivity index (χ3n) is 1.90. The molecule has 12 heavy (non-hydrogen) atoms. The molecule has 70 valence electrons. The molecule has 1 amide bonds. The van der Waals surface area contributed by atoms with Crippen molar-refractivity contribution >= 4 is 5.91 Å². The second-order valence-corrected chi connectivity index (χ2v) is 2.84. The van der Waals surface area contributed by atoms with Crippen LogP contribution in [-0.4, -0.2) is 38.8 Å². The highest BCUT2D eigenvalue weighted by Crippen LogP contribution is 2.01. The molecule has 1 rings (SSSR count). The van der Waals surface area contributed by atoms with Crippen LogP contribution in [-0.2, 0) is 9.53 Å². The van der Waals surface area contributed by atoms with E-state index in [9.17, 15) is 4.79 Å². The summed E-state index contributed by atoms with van der Waals surface area (Å²) in [6.45, 7) is 5.53. The number of hydrogen-bond donors (Lipinski definition) is 2. The average Bonchev–Trinajstić information content (AvgIpc) is 1.95. The number of rotatable bonds is 5. The maximum atomic E-state index is 11.2. The van der Waals surface area contributed by atoms with Gasteiger partial charge in [-0.25, -0.2) is 0 Å². The molecule has 1 saturated heterocycles. The van der Waals surface area contributed by atoms with Crippen molar-refractivity contribution in [1.82, 2.24) is 10.6 Å². The maximum absolute atomic E-state index is 11.2. The van der Waals surface area contributed by atoms with E-state index in [4.69, 9.17) is 4.74 Å². The molecule has 4 nitrogen and oxygen atoms in total. The first-order valence-electron chi connectivity index (χ1n) is 4.40. The van der Waals surface area contributed by atoms with Crippen LogP contribution < -0.4 is 10.6 Å². The topological polar surface area (TPSA) is 50.4 Å². The van der Waals surface area contributed by atoms with E-state index in [0.717, 1.165) is 13.1 Å². The van der Waals surface area contributed by atoms with Gasteiger partial charge in [0.15, 0.2) is 0 Å². The molecule has 0 aromatic rings. The quantitative estimate of drug-likeness (QED) is 0.542. The summed E-state index contributed by atoms with van der Waals surface area (Å²) in [5.74, 6) is 0.333. The minimum absolute atomic E-state index is 0.147. The fourth-order valence-corrected chi connectivity index (χ4v) is 1.01. The van der Waals surface area contributed by atoms with Gasteiger partial charge in [0.05, 0.1) is 12.5 Å². The number of hydrogen-bond acceptors (Lipinski definition) is 3. The lowest BCUT2D eigenvalue weighted by molar-refractivity contribution is -0.126. The first-order valence-corrected chi connectivity index (χ1v) is 4.40. The zero-order valence-corrected chi connectivity index (χ0v) is 7.43. The van der Waals surface area contributed by atoms with E-state index in [-0.39, 0.29) is 11.8 Å². The van der Waals surface area contributed by atoms with Crippen molar-refractivity contribution in [1.29, 1.82) is 0 Å². The molecule has 2 N–H and O–H groups in total.